The van der Waals surface area contributed by atoms with Gasteiger partial charge >= 0.3 is 0 Å². The minimum absolute atomic E-state index is 0.0282. The molecule has 2 rings (SSSR count). The average Bonchev–Trinajstić information content (AvgIpc) is 2.32. The lowest BCUT2D eigenvalue weighted by Crippen LogP contribution is -2.42. The molecule has 0 spiro atoms. The summed E-state index contributed by atoms with van der Waals surface area (Å²) in [5.74, 6) is 0.197. The Morgan fingerprint density at radius 1 is 1.32 bits per heavy atom. The van der Waals surface area contributed by atoms with Gasteiger partial charge in [0.1, 0.15) is 0 Å². The molecule has 1 amide bonds. The fourth-order valence-electron chi connectivity index (χ4n) is 2.65. The molecular formula is C15H23N3O. The zero-order chi connectivity index (χ0) is 14.0. The molecule has 1 aliphatic heterocycles. The van der Waals surface area contributed by atoms with Gasteiger partial charge in [0.25, 0.3) is 0 Å². The van der Waals surface area contributed by atoms with E-state index in [1.54, 1.807) is 0 Å². The first-order valence-corrected chi connectivity index (χ1v) is 6.82. The lowest BCUT2D eigenvalue weighted by atomic mass is 9.87. The summed E-state index contributed by atoms with van der Waals surface area (Å²) in [5, 5.41) is 0. The van der Waals surface area contributed by atoms with Crippen LogP contribution in [0, 0.1) is 5.41 Å². The van der Waals surface area contributed by atoms with Crippen molar-refractivity contribution in [2.45, 2.75) is 33.1 Å². The molecule has 0 saturated heterocycles. The molecule has 0 saturated carbocycles. The third kappa shape index (κ3) is 3.07. The van der Waals surface area contributed by atoms with E-state index in [0.717, 1.165) is 24.2 Å². The Balaban J connectivity index is 2.28. The van der Waals surface area contributed by atoms with Gasteiger partial charge in [-0.15, -0.1) is 0 Å². The molecular weight excluding hydrogens is 238 g/mol. The molecule has 0 bridgehead atoms. The van der Waals surface area contributed by atoms with Gasteiger partial charge in [-0.25, -0.2) is 0 Å². The molecule has 0 aromatic heterocycles. The first kappa shape index (κ1) is 13.9. The van der Waals surface area contributed by atoms with Gasteiger partial charge < -0.3 is 16.4 Å². The summed E-state index contributed by atoms with van der Waals surface area (Å²) in [6.45, 7) is 5.65. The van der Waals surface area contributed by atoms with E-state index in [-0.39, 0.29) is 11.3 Å². The molecule has 1 aromatic rings. The van der Waals surface area contributed by atoms with Gasteiger partial charge in [-0.3, -0.25) is 4.79 Å². The zero-order valence-corrected chi connectivity index (χ0v) is 11.8. The number of amides is 1. The van der Waals surface area contributed by atoms with E-state index in [4.69, 9.17) is 11.5 Å². The maximum Gasteiger partial charge on any atom is 0.227 e. The SMILES string of the molecule is CC(C)(CCN)CN1C(=O)CCc2cc(N)ccc21. The maximum atomic E-state index is 12.2. The van der Waals surface area contributed by atoms with E-state index >= 15 is 0 Å². The molecule has 0 fully saturated rings. The van der Waals surface area contributed by atoms with Crippen molar-refractivity contribution < 1.29 is 4.79 Å². The Bertz CT molecular complexity index is 482. The van der Waals surface area contributed by atoms with Gasteiger partial charge in [0, 0.05) is 24.3 Å². The summed E-state index contributed by atoms with van der Waals surface area (Å²) < 4.78 is 0. The van der Waals surface area contributed by atoms with E-state index in [9.17, 15) is 4.79 Å². The minimum atomic E-state index is 0.0282. The highest BCUT2D eigenvalue weighted by Crippen LogP contribution is 2.33. The maximum absolute atomic E-state index is 12.2. The van der Waals surface area contributed by atoms with Crippen LogP contribution in [0.4, 0.5) is 11.4 Å². The second-order valence-electron chi connectivity index (χ2n) is 6.07. The first-order chi connectivity index (χ1) is 8.93. The van der Waals surface area contributed by atoms with Gasteiger partial charge in [0.2, 0.25) is 5.91 Å². The van der Waals surface area contributed by atoms with Gasteiger partial charge in [-0.2, -0.15) is 0 Å². The summed E-state index contributed by atoms with van der Waals surface area (Å²) in [7, 11) is 0. The van der Waals surface area contributed by atoms with Crippen LogP contribution < -0.4 is 16.4 Å². The topological polar surface area (TPSA) is 72.3 Å². The van der Waals surface area contributed by atoms with E-state index in [0.29, 0.717) is 19.5 Å². The number of carbonyl (C=O) groups is 1. The lowest BCUT2D eigenvalue weighted by Gasteiger charge is -2.36. The number of hydrogen-bond donors (Lipinski definition) is 2. The van der Waals surface area contributed by atoms with Crippen molar-refractivity contribution in [2.75, 3.05) is 23.7 Å². The Kier molecular flexibility index (Phi) is 3.80. The molecule has 19 heavy (non-hydrogen) atoms. The molecule has 0 radical (unpaired) electrons. The summed E-state index contributed by atoms with van der Waals surface area (Å²) in [6, 6.07) is 5.80. The third-order valence-electron chi connectivity index (χ3n) is 3.71. The molecule has 0 atom stereocenters. The number of hydrogen-bond acceptors (Lipinski definition) is 3. The fraction of sp³-hybridized carbons (Fsp3) is 0.533. The number of rotatable bonds is 4. The number of aryl methyl sites for hydroxylation is 1. The lowest BCUT2D eigenvalue weighted by molar-refractivity contribution is -0.119. The summed E-state index contributed by atoms with van der Waals surface area (Å²) in [5.41, 5.74) is 14.4. The predicted molar refractivity (Wildman–Crippen MR) is 79.0 cm³/mol. The normalized spacial score (nSPS) is 15.5. The first-order valence-electron chi connectivity index (χ1n) is 6.82. The molecule has 1 aromatic carbocycles. The number of carbonyl (C=O) groups excluding carboxylic acids is 1. The van der Waals surface area contributed by atoms with Crippen LogP contribution in [0.2, 0.25) is 0 Å². The molecule has 4 N–H and O–H groups in total. The molecule has 104 valence electrons. The van der Waals surface area contributed by atoms with Crippen molar-refractivity contribution in [3.63, 3.8) is 0 Å². The number of nitrogens with two attached hydrogens (primary N) is 2. The van der Waals surface area contributed by atoms with E-state index in [2.05, 4.69) is 13.8 Å². The van der Waals surface area contributed by atoms with Crippen molar-refractivity contribution in [3.8, 4) is 0 Å². The Hall–Kier alpha value is -1.55. The quantitative estimate of drug-likeness (QED) is 0.813. The monoisotopic (exact) mass is 261 g/mol. The molecule has 0 unspecified atom stereocenters. The van der Waals surface area contributed by atoms with Crippen molar-refractivity contribution in [1.82, 2.24) is 0 Å². The van der Waals surface area contributed by atoms with Crippen molar-refractivity contribution in [3.05, 3.63) is 23.8 Å². The van der Waals surface area contributed by atoms with Crippen molar-refractivity contribution in [2.24, 2.45) is 11.1 Å². The van der Waals surface area contributed by atoms with Crippen LogP contribution in [0.15, 0.2) is 18.2 Å². The van der Waals surface area contributed by atoms with Gasteiger partial charge in [-0.05, 0) is 48.6 Å². The molecule has 1 heterocycles. The number of nitrogens with zero attached hydrogens (tertiary/aromatic N) is 1. The molecule has 1 aliphatic rings. The average molecular weight is 261 g/mol. The van der Waals surface area contributed by atoms with E-state index in [1.807, 2.05) is 23.1 Å². The largest absolute Gasteiger partial charge is 0.399 e. The van der Waals surface area contributed by atoms with Crippen LogP contribution in [0.5, 0.6) is 0 Å². The number of anilines is 2. The van der Waals surface area contributed by atoms with Crippen molar-refractivity contribution in [1.29, 1.82) is 0 Å². The fourth-order valence-corrected chi connectivity index (χ4v) is 2.65. The van der Waals surface area contributed by atoms with Crippen LogP contribution in [-0.4, -0.2) is 19.0 Å². The minimum Gasteiger partial charge on any atom is -0.399 e. The number of benzene rings is 1. The molecule has 4 heteroatoms. The van der Waals surface area contributed by atoms with Crippen LogP contribution in [0.25, 0.3) is 0 Å². The number of nitrogen functional groups attached to an aromatic ring is 1. The van der Waals surface area contributed by atoms with Crippen LogP contribution in [0.1, 0.15) is 32.3 Å². The smallest absolute Gasteiger partial charge is 0.227 e. The van der Waals surface area contributed by atoms with Gasteiger partial charge in [0.05, 0.1) is 0 Å². The van der Waals surface area contributed by atoms with E-state index in [1.165, 1.54) is 5.56 Å². The summed E-state index contributed by atoms with van der Waals surface area (Å²) in [6.07, 6.45) is 2.25. The van der Waals surface area contributed by atoms with Gasteiger partial charge in [0.15, 0.2) is 0 Å². The van der Waals surface area contributed by atoms with Crippen LogP contribution in [0.3, 0.4) is 0 Å². The Morgan fingerprint density at radius 3 is 2.74 bits per heavy atom. The highest BCUT2D eigenvalue weighted by Gasteiger charge is 2.29. The number of fused-ring (bicyclic) bond motifs is 1. The third-order valence-corrected chi connectivity index (χ3v) is 3.71. The zero-order valence-electron chi connectivity index (χ0n) is 11.8. The second kappa shape index (κ2) is 5.21. The Morgan fingerprint density at radius 2 is 2.05 bits per heavy atom. The summed E-state index contributed by atoms with van der Waals surface area (Å²) in [4.78, 5) is 14.1. The standard InChI is InChI=1S/C15H23N3O/c1-15(2,7-8-16)10-18-13-5-4-12(17)9-11(13)3-6-14(18)19/h4-5,9H,3,6-8,10,16-17H2,1-2H3. The van der Waals surface area contributed by atoms with Crippen molar-refractivity contribution >= 4 is 17.3 Å². The van der Waals surface area contributed by atoms with Gasteiger partial charge in [-0.1, -0.05) is 13.8 Å². The highest BCUT2D eigenvalue weighted by molar-refractivity contribution is 5.96. The van der Waals surface area contributed by atoms with Crippen LogP contribution >= 0.6 is 0 Å². The van der Waals surface area contributed by atoms with Crippen LogP contribution in [-0.2, 0) is 11.2 Å². The second-order valence-corrected chi connectivity index (χ2v) is 6.07. The molecule has 4 nitrogen and oxygen atoms in total. The summed E-state index contributed by atoms with van der Waals surface area (Å²) >= 11 is 0. The Labute approximate surface area is 114 Å². The predicted octanol–water partition coefficient (Wildman–Crippen LogP) is 1.92. The van der Waals surface area contributed by atoms with E-state index < -0.39 is 0 Å². The highest BCUT2D eigenvalue weighted by atomic mass is 16.2. The molecule has 0 aliphatic carbocycles.